The summed E-state index contributed by atoms with van der Waals surface area (Å²) in [7, 11) is 0. The fraction of sp³-hybridized carbons (Fsp3) is 0.462. The van der Waals surface area contributed by atoms with Gasteiger partial charge in [0.1, 0.15) is 0 Å². The lowest BCUT2D eigenvalue weighted by Gasteiger charge is -2.15. The molecular weight excluding hydrogens is 264 g/mol. The molecule has 1 aromatic rings. The van der Waals surface area contributed by atoms with Gasteiger partial charge in [0.15, 0.2) is 0 Å². The second kappa shape index (κ2) is 6.03. The molecule has 0 saturated carbocycles. The van der Waals surface area contributed by atoms with Crippen LogP contribution in [0.2, 0.25) is 0 Å². The quantitative estimate of drug-likeness (QED) is 0.842. The molecule has 0 aliphatic rings. The highest BCUT2D eigenvalue weighted by Gasteiger charge is 2.15. The maximum Gasteiger partial charge on any atom is 0.0697 e. The summed E-state index contributed by atoms with van der Waals surface area (Å²) in [6.45, 7) is 5.51. The minimum absolute atomic E-state index is 0.284. The Morgan fingerprint density at radius 3 is 2.69 bits per heavy atom. The van der Waals surface area contributed by atoms with E-state index in [1.807, 2.05) is 26.0 Å². The Kier molecular flexibility index (Phi) is 4.98. The van der Waals surface area contributed by atoms with Gasteiger partial charge in [0.05, 0.1) is 11.5 Å². The highest BCUT2D eigenvalue weighted by Crippen LogP contribution is 2.16. The molecule has 2 nitrogen and oxygen atoms in total. The second-order valence-corrected chi connectivity index (χ2v) is 5.37. The minimum Gasteiger partial charge on any atom is -0.315 e. The summed E-state index contributed by atoms with van der Waals surface area (Å²) >= 11 is 3.52. The number of hydrogen-bond acceptors (Lipinski definition) is 2. The number of hydrogen-bond donors (Lipinski definition) is 1. The van der Waals surface area contributed by atoms with Gasteiger partial charge in [-0.1, -0.05) is 34.1 Å². The summed E-state index contributed by atoms with van der Waals surface area (Å²) < 4.78 is 1.15. The molecule has 3 heteroatoms. The first kappa shape index (κ1) is 13.2. The van der Waals surface area contributed by atoms with Crippen LogP contribution in [0, 0.1) is 16.7 Å². The molecule has 1 rings (SSSR count). The topological polar surface area (TPSA) is 35.8 Å². The van der Waals surface area contributed by atoms with Crippen LogP contribution in [-0.2, 0) is 6.42 Å². The van der Waals surface area contributed by atoms with Crippen molar-refractivity contribution in [1.29, 1.82) is 5.26 Å². The molecule has 0 unspecified atom stereocenters. The number of benzene rings is 1. The van der Waals surface area contributed by atoms with Gasteiger partial charge in [0.2, 0.25) is 0 Å². The Labute approximate surface area is 106 Å². The second-order valence-electron chi connectivity index (χ2n) is 4.51. The first-order valence-electron chi connectivity index (χ1n) is 5.40. The van der Waals surface area contributed by atoms with Gasteiger partial charge in [-0.05, 0) is 38.4 Å². The van der Waals surface area contributed by atoms with Crippen LogP contribution in [0.5, 0.6) is 0 Å². The fourth-order valence-corrected chi connectivity index (χ4v) is 1.85. The molecule has 0 radical (unpaired) electrons. The van der Waals surface area contributed by atoms with Crippen molar-refractivity contribution in [3.05, 3.63) is 34.3 Å². The van der Waals surface area contributed by atoms with Crippen molar-refractivity contribution in [2.75, 3.05) is 13.1 Å². The molecule has 0 saturated heterocycles. The maximum atomic E-state index is 8.86. The van der Waals surface area contributed by atoms with Crippen LogP contribution in [0.15, 0.2) is 28.7 Å². The van der Waals surface area contributed by atoms with Crippen molar-refractivity contribution in [3.8, 4) is 6.07 Å². The monoisotopic (exact) mass is 280 g/mol. The third-order valence-corrected chi connectivity index (χ3v) is 3.17. The molecule has 16 heavy (non-hydrogen) atoms. The summed E-state index contributed by atoms with van der Waals surface area (Å²) in [5.41, 5.74) is 1.01. The molecule has 1 N–H and O–H groups in total. The van der Waals surface area contributed by atoms with Gasteiger partial charge in [-0.25, -0.2) is 0 Å². The molecule has 0 atom stereocenters. The molecule has 1 aromatic carbocycles. The van der Waals surface area contributed by atoms with Gasteiger partial charge in [0.25, 0.3) is 0 Å². The van der Waals surface area contributed by atoms with Crippen LogP contribution < -0.4 is 5.32 Å². The number of rotatable bonds is 5. The first-order valence-corrected chi connectivity index (χ1v) is 6.20. The molecule has 0 aliphatic carbocycles. The Bertz CT molecular complexity index is 380. The van der Waals surface area contributed by atoms with Gasteiger partial charge in [-0.15, -0.1) is 0 Å². The van der Waals surface area contributed by atoms with E-state index in [0.717, 1.165) is 24.0 Å². The van der Waals surface area contributed by atoms with Gasteiger partial charge in [-0.3, -0.25) is 0 Å². The van der Waals surface area contributed by atoms with Crippen molar-refractivity contribution >= 4 is 15.9 Å². The first-order chi connectivity index (χ1) is 7.55. The van der Waals surface area contributed by atoms with Gasteiger partial charge >= 0.3 is 0 Å². The van der Waals surface area contributed by atoms with Gasteiger partial charge in [0, 0.05) is 11.0 Å². The molecule has 86 valence electrons. The van der Waals surface area contributed by atoms with E-state index < -0.39 is 0 Å². The predicted octanol–water partition coefficient (Wildman–Crippen LogP) is 3.13. The zero-order valence-electron chi connectivity index (χ0n) is 9.76. The molecule has 0 aliphatic heterocycles. The Balaban J connectivity index is 2.33. The fourth-order valence-electron chi connectivity index (χ4n) is 1.36. The van der Waals surface area contributed by atoms with E-state index in [1.165, 1.54) is 5.56 Å². The number of nitrogens with zero attached hydrogens (tertiary/aromatic N) is 1. The van der Waals surface area contributed by atoms with Crippen molar-refractivity contribution < 1.29 is 0 Å². The van der Waals surface area contributed by atoms with E-state index in [4.69, 9.17) is 5.26 Å². The molecule has 0 aromatic heterocycles. The van der Waals surface area contributed by atoms with E-state index in [9.17, 15) is 0 Å². The smallest absolute Gasteiger partial charge is 0.0697 e. The number of halogens is 1. The average molecular weight is 281 g/mol. The van der Waals surface area contributed by atoms with Crippen molar-refractivity contribution in [3.63, 3.8) is 0 Å². The molecule has 0 amide bonds. The maximum absolute atomic E-state index is 8.86. The molecule has 0 heterocycles. The van der Waals surface area contributed by atoms with Crippen molar-refractivity contribution in [2.45, 2.75) is 20.3 Å². The van der Waals surface area contributed by atoms with E-state index in [2.05, 4.69) is 39.4 Å². The highest BCUT2D eigenvalue weighted by molar-refractivity contribution is 9.10. The Morgan fingerprint density at radius 2 is 2.06 bits per heavy atom. The Hall–Kier alpha value is -0.850. The van der Waals surface area contributed by atoms with E-state index in [1.54, 1.807) is 0 Å². The van der Waals surface area contributed by atoms with Gasteiger partial charge in [-0.2, -0.15) is 5.26 Å². The minimum atomic E-state index is -0.284. The molecular formula is C13H17BrN2. The molecule has 0 fully saturated rings. The van der Waals surface area contributed by atoms with Gasteiger partial charge < -0.3 is 5.32 Å². The summed E-state index contributed by atoms with van der Waals surface area (Å²) in [5.74, 6) is 0. The van der Waals surface area contributed by atoms with E-state index in [0.29, 0.717) is 0 Å². The summed E-state index contributed by atoms with van der Waals surface area (Å²) in [4.78, 5) is 0. The van der Waals surface area contributed by atoms with Crippen LogP contribution >= 0.6 is 15.9 Å². The largest absolute Gasteiger partial charge is 0.315 e. The third-order valence-electron chi connectivity index (χ3n) is 2.40. The van der Waals surface area contributed by atoms with Crippen LogP contribution in [0.3, 0.4) is 0 Å². The normalized spacial score (nSPS) is 11.1. The summed E-state index contributed by atoms with van der Waals surface area (Å²) in [5, 5.41) is 12.2. The lowest BCUT2D eigenvalue weighted by atomic mass is 9.96. The molecule has 0 spiro atoms. The van der Waals surface area contributed by atoms with Crippen molar-refractivity contribution in [2.24, 2.45) is 5.41 Å². The van der Waals surface area contributed by atoms with E-state index in [-0.39, 0.29) is 5.41 Å². The van der Waals surface area contributed by atoms with E-state index >= 15 is 0 Å². The number of nitrogens with one attached hydrogen (secondary N) is 1. The number of nitriles is 1. The third kappa shape index (κ3) is 4.34. The Morgan fingerprint density at radius 1 is 1.38 bits per heavy atom. The zero-order valence-corrected chi connectivity index (χ0v) is 11.3. The SMILES string of the molecule is CC(C)(C#N)CNCCc1ccccc1Br. The zero-order chi connectivity index (χ0) is 12.0. The lowest BCUT2D eigenvalue weighted by Crippen LogP contribution is -2.29. The lowest BCUT2D eigenvalue weighted by molar-refractivity contribution is 0.447. The predicted molar refractivity (Wildman–Crippen MR) is 70.1 cm³/mol. The van der Waals surface area contributed by atoms with Crippen LogP contribution in [0.25, 0.3) is 0 Å². The van der Waals surface area contributed by atoms with Crippen LogP contribution in [-0.4, -0.2) is 13.1 Å². The van der Waals surface area contributed by atoms with Crippen LogP contribution in [0.1, 0.15) is 19.4 Å². The standard InChI is InChI=1S/C13H17BrN2/c1-13(2,9-15)10-16-8-7-11-5-3-4-6-12(11)14/h3-6,16H,7-8,10H2,1-2H3. The van der Waals surface area contributed by atoms with Crippen molar-refractivity contribution in [1.82, 2.24) is 5.32 Å². The van der Waals surface area contributed by atoms with Crippen LogP contribution in [0.4, 0.5) is 0 Å². The summed E-state index contributed by atoms with van der Waals surface area (Å²) in [6, 6.07) is 10.5. The molecule has 0 bridgehead atoms. The summed E-state index contributed by atoms with van der Waals surface area (Å²) in [6.07, 6.45) is 0.975. The highest BCUT2D eigenvalue weighted by atomic mass is 79.9. The average Bonchev–Trinajstić information content (AvgIpc) is 2.27.